The molecule has 0 spiro atoms. The Kier molecular flexibility index (Phi) is 5.38. The number of carbonyl (C=O) groups is 1. The van der Waals surface area contributed by atoms with E-state index in [0.717, 1.165) is 37.1 Å². The fraction of sp³-hybridized carbons (Fsp3) is 0.474. The van der Waals surface area contributed by atoms with Gasteiger partial charge in [0.15, 0.2) is 0 Å². The second kappa shape index (κ2) is 7.70. The Morgan fingerprint density at radius 1 is 1.40 bits per heavy atom. The van der Waals surface area contributed by atoms with Crippen molar-refractivity contribution in [3.8, 4) is 11.5 Å². The molecule has 2 heterocycles. The molecule has 1 fully saturated rings. The van der Waals surface area contributed by atoms with Crippen LogP contribution >= 0.6 is 0 Å². The normalized spacial score (nSPS) is 17.6. The number of fused-ring (bicyclic) bond motifs is 1. The van der Waals surface area contributed by atoms with Crippen LogP contribution in [-0.2, 0) is 0 Å². The van der Waals surface area contributed by atoms with Crippen LogP contribution in [0, 0.1) is 5.92 Å². The van der Waals surface area contributed by atoms with Gasteiger partial charge in [-0.15, -0.1) is 0 Å². The number of hydrogen-bond acceptors (Lipinski definition) is 5. The highest BCUT2D eigenvalue weighted by Crippen LogP contribution is 2.32. The first-order valence-corrected chi connectivity index (χ1v) is 8.77. The topological polar surface area (TPSA) is 86.5 Å². The average Bonchev–Trinajstić information content (AvgIpc) is 2.60. The maximum atomic E-state index is 11.8. The summed E-state index contributed by atoms with van der Waals surface area (Å²) >= 11 is 0. The van der Waals surface area contributed by atoms with E-state index in [9.17, 15) is 4.79 Å². The van der Waals surface area contributed by atoms with Crippen molar-refractivity contribution in [3.05, 3.63) is 30.0 Å². The van der Waals surface area contributed by atoms with Gasteiger partial charge in [-0.3, -0.25) is 9.78 Å². The van der Waals surface area contributed by atoms with Crippen molar-refractivity contribution in [3.63, 3.8) is 0 Å². The molecule has 2 aromatic rings. The number of amides is 1. The molecular weight excluding hydrogens is 318 g/mol. The van der Waals surface area contributed by atoms with Crippen molar-refractivity contribution in [1.82, 2.24) is 10.3 Å². The summed E-state index contributed by atoms with van der Waals surface area (Å²) < 4.78 is 12.0. The summed E-state index contributed by atoms with van der Waals surface area (Å²) in [5.74, 6) is 1.05. The number of primary amides is 1. The number of pyridine rings is 1. The number of rotatable bonds is 6. The van der Waals surface area contributed by atoms with E-state index < -0.39 is 5.91 Å². The molecule has 6 nitrogen and oxygen atoms in total. The Morgan fingerprint density at radius 3 is 2.92 bits per heavy atom. The van der Waals surface area contributed by atoms with Crippen LogP contribution in [0.15, 0.2) is 24.4 Å². The SMILES string of the molecule is CC(C)COc1cc2c(O[C@@H]3CCCNC3)ccnc2cc1C(N)=O. The molecule has 1 amide bonds. The summed E-state index contributed by atoms with van der Waals surface area (Å²) in [5, 5.41) is 4.18. The summed E-state index contributed by atoms with van der Waals surface area (Å²) in [5.41, 5.74) is 6.53. The molecule has 0 radical (unpaired) electrons. The van der Waals surface area contributed by atoms with Crippen molar-refractivity contribution < 1.29 is 14.3 Å². The Bertz CT molecular complexity index is 755. The van der Waals surface area contributed by atoms with Crippen molar-refractivity contribution in [2.24, 2.45) is 11.7 Å². The molecule has 1 saturated heterocycles. The standard InChI is InChI=1S/C19H25N3O3/c1-12(2)11-24-18-9-14-16(8-15(18)19(20)23)22-7-5-17(14)25-13-4-3-6-21-10-13/h5,7-9,12-13,21H,3-4,6,10-11H2,1-2H3,(H2,20,23)/t13-/m1/s1. The van der Waals surface area contributed by atoms with Crippen LogP contribution in [-0.4, -0.2) is 36.7 Å². The van der Waals surface area contributed by atoms with E-state index in [0.29, 0.717) is 29.4 Å². The molecule has 1 aromatic heterocycles. The van der Waals surface area contributed by atoms with Gasteiger partial charge in [0.25, 0.3) is 5.91 Å². The third-order valence-electron chi connectivity index (χ3n) is 4.19. The van der Waals surface area contributed by atoms with Crippen LogP contribution in [0.4, 0.5) is 0 Å². The van der Waals surface area contributed by atoms with Crippen molar-refractivity contribution in [1.29, 1.82) is 0 Å². The largest absolute Gasteiger partial charge is 0.492 e. The van der Waals surface area contributed by atoms with E-state index in [2.05, 4.69) is 24.1 Å². The molecule has 3 rings (SSSR count). The molecule has 1 atom stereocenters. The Labute approximate surface area is 147 Å². The highest BCUT2D eigenvalue weighted by Gasteiger charge is 2.18. The number of benzene rings is 1. The second-order valence-corrected chi connectivity index (χ2v) is 6.83. The molecule has 6 heteroatoms. The Balaban J connectivity index is 1.97. The molecule has 1 aromatic carbocycles. The third-order valence-corrected chi connectivity index (χ3v) is 4.19. The number of ether oxygens (including phenoxy) is 2. The third kappa shape index (κ3) is 4.20. The first-order chi connectivity index (χ1) is 12.0. The van der Waals surface area contributed by atoms with E-state index in [1.165, 1.54) is 0 Å². The molecule has 1 aliphatic heterocycles. The smallest absolute Gasteiger partial charge is 0.252 e. The first-order valence-electron chi connectivity index (χ1n) is 8.77. The molecule has 0 unspecified atom stereocenters. The summed E-state index contributed by atoms with van der Waals surface area (Å²) in [7, 11) is 0. The minimum Gasteiger partial charge on any atom is -0.492 e. The zero-order chi connectivity index (χ0) is 17.8. The number of nitrogens with one attached hydrogen (secondary N) is 1. The maximum absolute atomic E-state index is 11.8. The highest BCUT2D eigenvalue weighted by atomic mass is 16.5. The van der Waals surface area contributed by atoms with E-state index in [1.807, 2.05) is 12.1 Å². The maximum Gasteiger partial charge on any atom is 0.252 e. The van der Waals surface area contributed by atoms with Gasteiger partial charge in [0.2, 0.25) is 0 Å². The average molecular weight is 343 g/mol. The fourth-order valence-corrected chi connectivity index (χ4v) is 2.92. The number of carbonyl (C=O) groups excluding carboxylic acids is 1. The first kappa shape index (κ1) is 17.5. The highest BCUT2D eigenvalue weighted by molar-refractivity contribution is 6.01. The molecule has 1 aliphatic rings. The minimum absolute atomic E-state index is 0.134. The van der Waals surface area contributed by atoms with Crippen molar-refractivity contribution >= 4 is 16.8 Å². The van der Waals surface area contributed by atoms with Crippen LogP contribution in [0.5, 0.6) is 11.5 Å². The monoisotopic (exact) mass is 343 g/mol. The lowest BCUT2D eigenvalue weighted by Gasteiger charge is -2.24. The predicted octanol–water partition coefficient (Wildman–Crippen LogP) is 2.50. The van der Waals surface area contributed by atoms with Gasteiger partial charge in [-0.25, -0.2) is 0 Å². The molecule has 25 heavy (non-hydrogen) atoms. The van der Waals surface area contributed by atoms with Gasteiger partial charge in [0.1, 0.15) is 17.6 Å². The molecular formula is C19H25N3O3. The van der Waals surface area contributed by atoms with Crippen LogP contribution in [0.3, 0.4) is 0 Å². The molecule has 0 saturated carbocycles. The lowest BCUT2D eigenvalue weighted by atomic mass is 10.1. The molecule has 0 aliphatic carbocycles. The number of aromatic nitrogens is 1. The van der Waals surface area contributed by atoms with E-state index in [-0.39, 0.29) is 6.10 Å². The summed E-state index contributed by atoms with van der Waals surface area (Å²) in [4.78, 5) is 16.1. The molecule has 0 bridgehead atoms. The van der Waals surface area contributed by atoms with Gasteiger partial charge in [0.05, 0.1) is 17.7 Å². The fourth-order valence-electron chi connectivity index (χ4n) is 2.92. The summed E-state index contributed by atoms with van der Waals surface area (Å²) in [6.07, 6.45) is 3.94. The van der Waals surface area contributed by atoms with Gasteiger partial charge in [0, 0.05) is 18.1 Å². The van der Waals surface area contributed by atoms with Gasteiger partial charge < -0.3 is 20.5 Å². The molecule has 134 valence electrons. The van der Waals surface area contributed by atoms with Gasteiger partial charge in [-0.1, -0.05) is 13.8 Å². The Hall–Kier alpha value is -2.34. The minimum atomic E-state index is -0.523. The van der Waals surface area contributed by atoms with Crippen LogP contribution in [0.2, 0.25) is 0 Å². The van der Waals surface area contributed by atoms with Gasteiger partial charge in [-0.2, -0.15) is 0 Å². The summed E-state index contributed by atoms with van der Waals surface area (Å²) in [6, 6.07) is 5.35. The zero-order valence-electron chi connectivity index (χ0n) is 14.7. The number of nitrogens with zero attached hydrogens (tertiary/aromatic N) is 1. The van der Waals surface area contributed by atoms with E-state index >= 15 is 0 Å². The van der Waals surface area contributed by atoms with Crippen molar-refractivity contribution in [2.45, 2.75) is 32.8 Å². The molecule has 3 N–H and O–H groups in total. The van der Waals surface area contributed by atoms with Crippen LogP contribution < -0.4 is 20.5 Å². The van der Waals surface area contributed by atoms with Gasteiger partial charge in [-0.05, 0) is 43.5 Å². The lowest BCUT2D eigenvalue weighted by molar-refractivity contribution is 0.0995. The van der Waals surface area contributed by atoms with E-state index in [1.54, 1.807) is 12.3 Å². The second-order valence-electron chi connectivity index (χ2n) is 6.83. The number of piperidine rings is 1. The van der Waals surface area contributed by atoms with Crippen LogP contribution in [0.25, 0.3) is 10.9 Å². The summed E-state index contributed by atoms with van der Waals surface area (Å²) in [6.45, 7) is 6.48. The quantitative estimate of drug-likeness (QED) is 0.841. The number of nitrogens with two attached hydrogens (primary N) is 1. The Morgan fingerprint density at radius 2 is 2.24 bits per heavy atom. The zero-order valence-corrected chi connectivity index (χ0v) is 14.7. The van der Waals surface area contributed by atoms with Gasteiger partial charge >= 0.3 is 0 Å². The predicted molar refractivity (Wildman–Crippen MR) is 97.1 cm³/mol. The van der Waals surface area contributed by atoms with Crippen LogP contribution in [0.1, 0.15) is 37.0 Å². The number of hydrogen-bond donors (Lipinski definition) is 2. The van der Waals surface area contributed by atoms with E-state index in [4.69, 9.17) is 15.2 Å². The van der Waals surface area contributed by atoms with Crippen molar-refractivity contribution in [2.75, 3.05) is 19.7 Å². The lowest BCUT2D eigenvalue weighted by Crippen LogP contribution is -2.37.